The minimum Gasteiger partial charge on any atom is -0.338 e. The number of nitrogens with zero attached hydrogens (tertiary/aromatic N) is 2. The molecule has 1 atom stereocenters. The smallest absolute Gasteiger partial charge is 0.253 e. The van der Waals surface area contributed by atoms with E-state index >= 15 is 0 Å². The number of nitrogens with two attached hydrogens (primary N) is 1. The molecule has 2 rings (SSSR count). The highest BCUT2D eigenvalue weighted by molar-refractivity contribution is 5.94. The van der Waals surface area contributed by atoms with Crippen molar-refractivity contribution in [2.75, 3.05) is 19.6 Å². The van der Waals surface area contributed by atoms with Crippen LogP contribution in [-0.2, 0) is 0 Å². The van der Waals surface area contributed by atoms with Crippen molar-refractivity contribution in [1.82, 2.24) is 4.90 Å². The van der Waals surface area contributed by atoms with Gasteiger partial charge in [0.05, 0.1) is 11.6 Å². The molecule has 1 aliphatic heterocycles. The summed E-state index contributed by atoms with van der Waals surface area (Å²) in [6.45, 7) is 2.14. The van der Waals surface area contributed by atoms with Gasteiger partial charge in [0.2, 0.25) is 0 Å². The first kappa shape index (κ1) is 12.6. The second kappa shape index (κ2) is 5.65. The summed E-state index contributed by atoms with van der Waals surface area (Å²) in [6, 6.07) is 8.91. The van der Waals surface area contributed by atoms with E-state index in [0.29, 0.717) is 23.6 Å². The molecule has 1 aromatic carbocycles. The molecule has 0 saturated carbocycles. The van der Waals surface area contributed by atoms with E-state index in [9.17, 15) is 4.79 Å². The third-order valence-electron chi connectivity index (χ3n) is 3.38. The molecule has 4 heteroatoms. The van der Waals surface area contributed by atoms with Crippen LogP contribution in [0.4, 0.5) is 0 Å². The molecule has 94 valence electrons. The Labute approximate surface area is 107 Å². The minimum atomic E-state index is 0.00486. The summed E-state index contributed by atoms with van der Waals surface area (Å²) in [5.41, 5.74) is 6.78. The molecule has 1 heterocycles. The Morgan fingerprint density at radius 1 is 1.56 bits per heavy atom. The standard InChI is InChI=1S/C14H17N3O/c15-8-11-3-1-5-13(7-11)14(18)17-6-2-4-12(9-16)10-17/h1,3,5,7,12H,2,4,6,9-10,16H2. The zero-order valence-corrected chi connectivity index (χ0v) is 10.3. The molecule has 2 N–H and O–H groups in total. The topological polar surface area (TPSA) is 70.1 Å². The fourth-order valence-corrected chi connectivity index (χ4v) is 2.35. The van der Waals surface area contributed by atoms with Crippen LogP contribution in [0, 0.1) is 17.2 Å². The number of hydrogen-bond donors (Lipinski definition) is 1. The van der Waals surface area contributed by atoms with E-state index in [0.717, 1.165) is 25.9 Å². The number of benzene rings is 1. The normalized spacial score (nSPS) is 19.3. The Kier molecular flexibility index (Phi) is 3.96. The maximum atomic E-state index is 12.3. The molecular weight excluding hydrogens is 226 g/mol. The first-order valence-corrected chi connectivity index (χ1v) is 6.24. The molecule has 18 heavy (non-hydrogen) atoms. The Hall–Kier alpha value is -1.86. The third kappa shape index (κ3) is 2.69. The zero-order valence-electron chi connectivity index (χ0n) is 10.3. The number of rotatable bonds is 2. The average molecular weight is 243 g/mol. The second-order valence-corrected chi connectivity index (χ2v) is 4.69. The minimum absolute atomic E-state index is 0.00486. The summed E-state index contributed by atoms with van der Waals surface area (Å²) in [6.07, 6.45) is 2.10. The zero-order chi connectivity index (χ0) is 13.0. The highest BCUT2D eigenvalue weighted by Gasteiger charge is 2.23. The molecule has 1 fully saturated rings. The monoisotopic (exact) mass is 243 g/mol. The van der Waals surface area contributed by atoms with Gasteiger partial charge in [0, 0.05) is 18.7 Å². The van der Waals surface area contributed by atoms with E-state index in [1.165, 1.54) is 0 Å². The Bertz CT molecular complexity index is 478. The van der Waals surface area contributed by atoms with Crippen LogP contribution >= 0.6 is 0 Å². The van der Waals surface area contributed by atoms with Crippen LogP contribution in [-0.4, -0.2) is 30.4 Å². The highest BCUT2D eigenvalue weighted by atomic mass is 16.2. The molecule has 0 aromatic heterocycles. The predicted octanol–water partition coefficient (Wildman–Crippen LogP) is 1.37. The van der Waals surface area contributed by atoms with Gasteiger partial charge in [-0.1, -0.05) is 6.07 Å². The van der Waals surface area contributed by atoms with Crippen molar-refractivity contribution in [3.63, 3.8) is 0 Å². The van der Waals surface area contributed by atoms with E-state index in [1.54, 1.807) is 24.3 Å². The SMILES string of the molecule is N#Cc1cccc(C(=O)N2CCCC(CN)C2)c1. The number of hydrogen-bond acceptors (Lipinski definition) is 3. The van der Waals surface area contributed by atoms with Gasteiger partial charge in [-0.05, 0) is 43.5 Å². The fraction of sp³-hybridized carbons (Fsp3) is 0.429. The third-order valence-corrected chi connectivity index (χ3v) is 3.38. The van der Waals surface area contributed by atoms with Crippen molar-refractivity contribution in [3.05, 3.63) is 35.4 Å². The fourth-order valence-electron chi connectivity index (χ4n) is 2.35. The first-order valence-electron chi connectivity index (χ1n) is 6.24. The summed E-state index contributed by atoms with van der Waals surface area (Å²) in [5, 5.41) is 8.84. The van der Waals surface area contributed by atoms with Gasteiger partial charge in [-0.25, -0.2) is 0 Å². The van der Waals surface area contributed by atoms with E-state index < -0.39 is 0 Å². The van der Waals surface area contributed by atoms with Gasteiger partial charge >= 0.3 is 0 Å². The van der Waals surface area contributed by atoms with Gasteiger partial charge in [0.15, 0.2) is 0 Å². The number of amides is 1. The Balaban J connectivity index is 2.13. The molecule has 1 aromatic rings. The van der Waals surface area contributed by atoms with Crippen LogP contribution in [0.5, 0.6) is 0 Å². The van der Waals surface area contributed by atoms with Crippen molar-refractivity contribution in [2.45, 2.75) is 12.8 Å². The lowest BCUT2D eigenvalue weighted by atomic mass is 9.97. The Morgan fingerprint density at radius 3 is 3.11 bits per heavy atom. The number of carbonyl (C=O) groups is 1. The van der Waals surface area contributed by atoms with Gasteiger partial charge in [0.1, 0.15) is 0 Å². The lowest BCUT2D eigenvalue weighted by Gasteiger charge is -2.32. The van der Waals surface area contributed by atoms with Crippen molar-refractivity contribution < 1.29 is 4.79 Å². The van der Waals surface area contributed by atoms with Crippen LogP contribution in [0.3, 0.4) is 0 Å². The van der Waals surface area contributed by atoms with Gasteiger partial charge < -0.3 is 10.6 Å². The van der Waals surface area contributed by atoms with Crippen molar-refractivity contribution in [3.8, 4) is 6.07 Å². The summed E-state index contributed by atoms with van der Waals surface area (Å²) in [7, 11) is 0. The summed E-state index contributed by atoms with van der Waals surface area (Å²) in [4.78, 5) is 14.1. The van der Waals surface area contributed by atoms with Crippen LogP contribution in [0.1, 0.15) is 28.8 Å². The van der Waals surface area contributed by atoms with Crippen LogP contribution in [0.2, 0.25) is 0 Å². The molecule has 0 bridgehead atoms. The molecule has 4 nitrogen and oxygen atoms in total. The van der Waals surface area contributed by atoms with Crippen molar-refractivity contribution >= 4 is 5.91 Å². The van der Waals surface area contributed by atoms with Crippen LogP contribution in [0.15, 0.2) is 24.3 Å². The van der Waals surface area contributed by atoms with Gasteiger partial charge in [-0.2, -0.15) is 5.26 Å². The highest BCUT2D eigenvalue weighted by Crippen LogP contribution is 2.18. The molecule has 0 radical (unpaired) electrons. The van der Waals surface area contributed by atoms with Crippen molar-refractivity contribution in [1.29, 1.82) is 5.26 Å². The van der Waals surface area contributed by atoms with E-state index in [2.05, 4.69) is 6.07 Å². The van der Waals surface area contributed by atoms with E-state index in [1.807, 2.05) is 4.90 Å². The lowest BCUT2D eigenvalue weighted by Crippen LogP contribution is -2.42. The van der Waals surface area contributed by atoms with E-state index in [4.69, 9.17) is 11.0 Å². The summed E-state index contributed by atoms with van der Waals surface area (Å²) >= 11 is 0. The quantitative estimate of drug-likeness (QED) is 0.852. The predicted molar refractivity (Wildman–Crippen MR) is 68.8 cm³/mol. The average Bonchev–Trinajstić information content (AvgIpc) is 2.46. The Morgan fingerprint density at radius 2 is 2.39 bits per heavy atom. The van der Waals surface area contributed by atoms with Crippen LogP contribution in [0.25, 0.3) is 0 Å². The largest absolute Gasteiger partial charge is 0.338 e. The number of carbonyl (C=O) groups excluding carboxylic acids is 1. The number of likely N-dealkylation sites (tertiary alicyclic amines) is 1. The van der Waals surface area contributed by atoms with Crippen molar-refractivity contribution in [2.24, 2.45) is 11.7 Å². The second-order valence-electron chi connectivity index (χ2n) is 4.69. The maximum absolute atomic E-state index is 12.3. The van der Waals surface area contributed by atoms with Gasteiger partial charge in [0.25, 0.3) is 5.91 Å². The molecule has 1 aliphatic rings. The van der Waals surface area contributed by atoms with Gasteiger partial charge in [-0.15, -0.1) is 0 Å². The molecular formula is C14H17N3O. The molecule has 1 unspecified atom stereocenters. The number of piperidine rings is 1. The molecule has 0 aliphatic carbocycles. The molecule has 1 amide bonds. The maximum Gasteiger partial charge on any atom is 0.253 e. The summed E-state index contributed by atoms with van der Waals surface area (Å²) in [5.74, 6) is 0.409. The summed E-state index contributed by atoms with van der Waals surface area (Å²) < 4.78 is 0. The van der Waals surface area contributed by atoms with Crippen LogP contribution < -0.4 is 5.73 Å². The molecule has 1 saturated heterocycles. The first-order chi connectivity index (χ1) is 8.74. The van der Waals surface area contributed by atoms with E-state index in [-0.39, 0.29) is 5.91 Å². The lowest BCUT2D eigenvalue weighted by molar-refractivity contribution is 0.0678. The number of nitriles is 1. The molecule has 0 spiro atoms. The van der Waals surface area contributed by atoms with Gasteiger partial charge in [-0.3, -0.25) is 4.79 Å².